The van der Waals surface area contributed by atoms with Crippen molar-refractivity contribution in [2.45, 2.75) is 82.2 Å². The summed E-state index contributed by atoms with van der Waals surface area (Å²) in [5, 5.41) is 15.9. The molecule has 262 valence electrons. The summed E-state index contributed by atoms with van der Waals surface area (Å²) in [6.07, 6.45) is 7.42. The molecule has 0 bridgehead atoms. The Labute approximate surface area is 301 Å². The van der Waals surface area contributed by atoms with Gasteiger partial charge in [0, 0.05) is 65.7 Å². The molecule has 2 aliphatic heterocycles. The SMILES string of the molecule is O=C(Nc1cc(Cl)c(CC(=O)C(O[C@H]2CC[C@H](C(=O)O)CC2)(N2CCCC2)N2CCCN(C3CC3)CC2)cc1Cl)c1csc2ccccc12. The third kappa shape index (κ3) is 7.42. The van der Waals surface area contributed by atoms with E-state index in [1.54, 1.807) is 12.1 Å². The second-order valence-corrected chi connectivity index (χ2v) is 15.7. The molecule has 9 nitrogen and oxygen atoms in total. The van der Waals surface area contributed by atoms with Crippen molar-refractivity contribution in [2.75, 3.05) is 44.6 Å². The molecule has 0 spiro atoms. The van der Waals surface area contributed by atoms with Crippen molar-refractivity contribution in [1.82, 2.24) is 14.7 Å². The van der Waals surface area contributed by atoms with E-state index in [1.807, 2.05) is 29.6 Å². The third-order valence-electron chi connectivity index (χ3n) is 10.7. The average molecular weight is 728 g/mol. The Morgan fingerprint density at radius 2 is 1.59 bits per heavy atom. The van der Waals surface area contributed by atoms with Gasteiger partial charge in [0.05, 0.1) is 28.3 Å². The van der Waals surface area contributed by atoms with Crippen molar-refractivity contribution >= 4 is 68.0 Å². The Morgan fingerprint density at radius 1 is 0.878 bits per heavy atom. The van der Waals surface area contributed by atoms with E-state index in [4.69, 9.17) is 27.9 Å². The lowest BCUT2D eigenvalue weighted by Crippen LogP contribution is -2.68. The van der Waals surface area contributed by atoms with E-state index < -0.39 is 11.8 Å². The molecule has 12 heteroatoms. The van der Waals surface area contributed by atoms with Crippen LogP contribution in [0.2, 0.25) is 10.0 Å². The molecule has 2 aliphatic carbocycles. The molecular formula is C37H44Cl2N4O5S. The van der Waals surface area contributed by atoms with E-state index in [-0.39, 0.29) is 30.1 Å². The molecule has 0 radical (unpaired) electrons. The van der Waals surface area contributed by atoms with Gasteiger partial charge in [0.2, 0.25) is 5.85 Å². The first-order valence-electron chi connectivity index (χ1n) is 17.7. The summed E-state index contributed by atoms with van der Waals surface area (Å²) in [4.78, 5) is 47.1. The maximum absolute atomic E-state index is 15.0. The number of thiophene rings is 1. The molecule has 2 saturated carbocycles. The minimum atomic E-state index is -1.29. The minimum absolute atomic E-state index is 0.00571. The van der Waals surface area contributed by atoms with Gasteiger partial charge in [0.15, 0.2) is 5.78 Å². The van der Waals surface area contributed by atoms with Gasteiger partial charge >= 0.3 is 5.97 Å². The number of benzene rings is 2. The second-order valence-electron chi connectivity index (χ2n) is 14.0. The molecule has 1 amide bonds. The van der Waals surface area contributed by atoms with Crippen LogP contribution in [0.3, 0.4) is 0 Å². The normalized spacial score (nSPS) is 24.0. The molecule has 3 heterocycles. The van der Waals surface area contributed by atoms with Gasteiger partial charge in [-0.25, -0.2) is 0 Å². The van der Waals surface area contributed by atoms with Crippen LogP contribution in [-0.2, 0) is 20.7 Å². The van der Waals surface area contributed by atoms with E-state index in [1.165, 1.54) is 24.2 Å². The molecule has 3 aromatic rings. The van der Waals surface area contributed by atoms with E-state index in [0.717, 1.165) is 62.1 Å². The lowest BCUT2D eigenvalue weighted by molar-refractivity contribution is -0.255. The van der Waals surface area contributed by atoms with Gasteiger partial charge in [-0.2, -0.15) is 0 Å². The first kappa shape index (κ1) is 34.9. The number of carboxylic acid groups (broad SMARTS) is 1. The molecule has 49 heavy (non-hydrogen) atoms. The number of carboxylic acids is 1. The Hall–Kier alpha value is -2.57. The summed E-state index contributed by atoms with van der Waals surface area (Å²) in [6, 6.07) is 11.7. The van der Waals surface area contributed by atoms with Gasteiger partial charge in [-0.15, -0.1) is 11.3 Å². The highest BCUT2D eigenvalue weighted by atomic mass is 35.5. The van der Waals surface area contributed by atoms with Gasteiger partial charge in [0.25, 0.3) is 5.91 Å². The maximum Gasteiger partial charge on any atom is 0.306 e. The number of hydrogen-bond donors (Lipinski definition) is 2. The number of Topliss-reactive ketones (excluding diaryl/α,β-unsaturated/α-hetero) is 1. The van der Waals surface area contributed by atoms with Gasteiger partial charge in [-0.1, -0.05) is 41.4 Å². The first-order valence-corrected chi connectivity index (χ1v) is 19.3. The van der Waals surface area contributed by atoms with E-state index in [9.17, 15) is 14.7 Å². The number of carbonyl (C=O) groups is 3. The molecule has 2 aromatic carbocycles. The number of halogens is 2. The van der Waals surface area contributed by atoms with Crippen molar-refractivity contribution in [1.29, 1.82) is 0 Å². The zero-order chi connectivity index (χ0) is 34.1. The number of amides is 1. The molecule has 7 rings (SSSR count). The maximum atomic E-state index is 15.0. The van der Waals surface area contributed by atoms with Crippen molar-refractivity contribution in [3.05, 3.63) is 63.0 Å². The van der Waals surface area contributed by atoms with Crippen LogP contribution in [0.15, 0.2) is 41.8 Å². The Morgan fingerprint density at radius 3 is 2.33 bits per heavy atom. The number of hydrogen-bond acceptors (Lipinski definition) is 8. The highest BCUT2D eigenvalue weighted by Crippen LogP contribution is 2.39. The third-order valence-corrected chi connectivity index (χ3v) is 12.4. The highest BCUT2D eigenvalue weighted by Gasteiger charge is 2.53. The predicted molar refractivity (Wildman–Crippen MR) is 194 cm³/mol. The number of likely N-dealkylation sites (tertiary alicyclic amines) is 1. The van der Waals surface area contributed by atoms with Crippen LogP contribution in [0, 0.1) is 5.92 Å². The molecule has 2 N–H and O–H groups in total. The summed E-state index contributed by atoms with van der Waals surface area (Å²) in [7, 11) is 0. The lowest BCUT2D eigenvalue weighted by atomic mass is 9.87. The van der Waals surface area contributed by atoms with E-state index >= 15 is 4.79 Å². The molecule has 2 saturated heterocycles. The number of anilines is 1. The smallest absolute Gasteiger partial charge is 0.306 e. The quantitative estimate of drug-likeness (QED) is 0.215. The number of nitrogens with one attached hydrogen (secondary N) is 1. The first-order chi connectivity index (χ1) is 23.7. The van der Waals surface area contributed by atoms with Gasteiger partial charge < -0.3 is 15.2 Å². The summed E-state index contributed by atoms with van der Waals surface area (Å²) < 4.78 is 8.14. The van der Waals surface area contributed by atoms with Crippen LogP contribution >= 0.6 is 34.5 Å². The fraction of sp³-hybridized carbons (Fsp3) is 0.541. The molecule has 4 fully saturated rings. The summed E-state index contributed by atoms with van der Waals surface area (Å²) in [5.74, 6) is -2.79. The lowest BCUT2D eigenvalue weighted by Gasteiger charge is -2.49. The van der Waals surface area contributed by atoms with E-state index in [2.05, 4.69) is 20.0 Å². The molecule has 1 unspecified atom stereocenters. The number of carbonyl (C=O) groups excluding carboxylic acids is 2. The number of nitrogens with zero attached hydrogens (tertiary/aromatic N) is 3. The number of rotatable bonds is 11. The number of ether oxygens (including phenoxy) is 1. The van der Waals surface area contributed by atoms with E-state index in [0.29, 0.717) is 65.1 Å². The Balaban J connectivity index is 1.16. The van der Waals surface area contributed by atoms with Gasteiger partial charge in [0.1, 0.15) is 0 Å². The topological polar surface area (TPSA) is 102 Å². The molecular weight excluding hydrogens is 683 g/mol. The Bertz CT molecular complexity index is 1700. The average Bonchev–Trinajstić information content (AvgIpc) is 3.70. The van der Waals surface area contributed by atoms with Crippen LogP contribution in [-0.4, -0.2) is 94.7 Å². The van der Waals surface area contributed by atoms with Crippen molar-refractivity contribution in [3.8, 4) is 0 Å². The largest absolute Gasteiger partial charge is 0.481 e. The van der Waals surface area contributed by atoms with Crippen molar-refractivity contribution in [2.24, 2.45) is 5.92 Å². The number of fused-ring (bicyclic) bond motifs is 1. The van der Waals surface area contributed by atoms with Gasteiger partial charge in [-0.05, 0) is 88.1 Å². The highest BCUT2D eigenvalue weighted by molar-refractivity contribution is 7.17. The predicted octanol–water partition coefficient (Wildman–Crippen LogP) is 7.15. The number of ketones is 1. The van der Waals surface area contributed by atoms with Crippen LogP contribution in [0.5, 0.6) is 0 Å². The van der Waals surface area contributed by atoms with Crippen LogP contribution in [0.1, 0.15) is 73.7 Å². The molecule has 4 aliphatic rings. The molecule has 1 aromatic heterocycles. The van der Waals surface area contributed by atoms with Crippen LogP contribution in [0.25, 0.3) is 10.1 Å². The Kier molecular flexibility index (Phi) is 10.6. The standard InChI is InChI=1S/C37H44Cl2N4O5S/c38-30-22-32(40-35(45)29-23-49-33-7-2-1-6-28(29)33)31(39)20-25(30)21-34(44)37(42-15-3-4-16-42,48-27-12-8-24(9-13-27)36(46)47)43-17-5-14-41(18-19-43)26-10-11-26/h1-2,6-7,20,22-24,26-27H,3-5,8-19,21H2,(H,40,45)(H,46,47)/t24-,27-,37?. The van der Waals surface area contributed by atoms with Crippen molar-refractivity contribution < 1.29 is 24.2 Å². The summed E-state index contributed by atoms with van der Waals surface area (Å²) >= 11 is 15.2. The fourth-order valence-electron chi connectivity index (χ4n) is 7.94. The van der Waals surface area contributed by atoms with Crippen LogP contribution < -0.4 is 5.32 Å². The summed E-state index contributed by atoms with van der Waals surface area (Å²) in [5.41, 5.74) is 1.52. The zero-order valence-electron chi connectivity index (χ0n) is 27.7. The minimum Gasteiger partial charge on any atom is -0.481 e. The van der Waals surface area contributed by atoms with Crippen LogP contribution in [0.4, 0.5) is 5.69 Å². The number of aliphatic carboxylic acids is 1. The molecule has 1 atom stereocenters. The summed E-state index contributed by atoms with van der Waals surface area (Å²) in [6.45, 7) is 4.81. The monoisotopic (exact) mass is 726 g/mol. The van der Waals surface area contributed by atoms with Crippen molar-refractivity contribution in [3.63, 3.8) is 0 Å². The fourth-order valence-corrected chi connectivity index (χ4v) is 9.35. The zero-order valence-corrected chi connectivity index (χ0v) is 30.0. The second kappa shape index (κ2) is 15.0. The van der Waals surface area contributed by atoms with Gasteiger partial charge in [-0.3, -0.25) is 29.1 Å².